The first-order valence-corrected chi connectivity index (χ1v) is 19.9. The standard InChI is InChI=1S/C41H58FN3O9/c1-41(2,3)54-40(49)44-33(23-42)27-5-7-28(8-6-27)38(47)45-18-15-32(26-9-12-31(50-4)13-10-26)36(45)37(46)43-30-11-14-34-29(21-30)22-35(53-34)39(48)52-24-25-16-19-51-20-17-25/h11,14,21-22,25-28,31-33,36H,5-10,12-13,15-20,23-24H2,1-4H3,(H,43,46)(H,44,49)/t26?,27?,28?,31?,32-,33+,36+/m0/s1. The number of amides is 3. The molecule has 2 aliphatic carbocycles. The van der Waals surface area contributed by atoms with Crippen molar-refractivity contribution in [2.75, 3.05) is 45.5 Å². The molecule has 4 fully saturated rings. The lowest BCUT2D eigenvalue weighted by Crippen LogP contribution is -2.50. The van der Waals surface area contributed by atoms with Crippen LogP contribution >= 0.6 is 0 Å². The normalized spacial score (nSPS) is 27.3. The number of hydrogen-bond acceptors (Lipinski definition) is 9. The average Bonchev–Trinajstić information content (AvgIpc) is 3.81. The van der Waals surface area contributed by atoms with Crippen LogP contribution in [0.1, 0.15) is 102 Å². The van der Waals surface area contributed by atoms with Gasteiger partial charge in [0.2, 0.25) is 17.6 Å². The number of alkyl carbamates (subject to hydrolysis) is 1. The number of halogens is 1. The van der Waals surface area contributed by atoms with Gasteiger partial charge in [-0.2, -0.15) is 0 Å². The van der Waals surface area contributed by atoms with E-state index < -0.39 is 36.4 Å². The molecule has 3 atom stereocenters. The molecule has 3 amide bonds. The van der Waals surface area contributed by atoms with E-state index in [-0.39, 0.29) is 53.3 Å². The zero-order valence-electron chi connectivity index (χ0n) is 32.2. The Kier molecular flexibility index (Phi) is 13.2. The van der Waals surface area contributed by atoms with E-state index in [0.29, 0.717) is 68.7 Å². The van der Waals surface area contributed by atoms with Crippen LogP contribution in [-0.4, -0.2) is 92.7 Å². The molecule has 2 aromatic rings. The highest BCUT2D eigenvalue weighted by atomic mass is 19.1. The van der Waals surface area contributed by atoms with Crippen LogP contribution in [0.2, 0.25) is 0 Å². The van der Waals surface area contributed by atoms with Gasteiger partial charge < -0.3 is 38.9 Å². The third-order valence-corrected chi connectivity index (χ3v) is 12.0. The molecule has 0 unspecified atom stereocenters. The van der Waals surface area contributed by atoms with Crippen molar-refractivity contribution < 1.29 is 46.9 Å². The number of rotatable bonds is 11. The van der Waals surface area contributed by atoms with Crippen molar-refractivity contribution >= 4 is 40.5 Å². The number of hydrogen-bond donors (Lipinski definition) is 2. The van der Waals surface area contributed by atoms with E-state index >= 15 is 0 Å². The molecule has 2 saturated carbocycles. The van der Waals surface area contributed by atoms with Gasteiger partial charge in [0.15, 0.2) is 0 Å². The van der Waals surface area contributed by atoms with Gasteiger partial charge in [0, 0.05) is 43.9 Å². The lowest BCUT2D eigenvalue weighted by atomic mass is 9.75. The number of likely N-dealkylation sites (tertiary alicyclic amines) is 1. The second kappa shape index (κ2) is 17.8. The highest BCUT2D eigenvalue weighted by Gasteiger charge is 2.47. The summed E-state index contributed by atoms with van der Waals surface area (Å²) in [6.45, 7) is 6.73. The third-order valence-electron chi connectivity index (χ3n) is 12.0. The molecule has 6 rings (SSSR count). The summed E-state index contributed by atoms with van der Waals surface area (Å²) in [5.74, 6) is -0.516. The summed E-state index contributed by atoms with van der Waals surface area (Å²) in [4.78, 5) is 55.6. The van der Waals surface area contributed by atoms with Crippen LogP contribution in [0.25, 0.3) is 11.0 Å². The van der Waals surface area contributed by atoms with Crippen LogP contribution in [0.15, 0.2) is 28.7 Å². The highest BCUT2D eigenvalue weighted by Crippen LogP contribution is 2.42. The van der Waals surface area contributed by atoms with Crippen LogP contribution in [-0.2, 0) is 28.5 Å². The smallest absolute Gasteiger partial charge is 0.407 e. The fourth-order valence-electron chi connectivity index (χ4n) is 9.01. The molecule has 298 valence electrons. The zero-order valence-corrected chi connectivity index (χ0v) is 32.2. The lowest BCUT2D eigenvalue weighted by Gasteiger charge is -2.38. The van der Waals surface area contributed by atoms with Crippen LogP contribution in [0.5, 0.6) is 0 Å². The van der Waals surface area contributed by atoms with Crippen LogP contribution in [0.3, 0.4) is 0 Å². The van der Waals surface area contributed by atoms with Crippen molar-refractivity contribution in [1.29, 1.82) is 0 Å². The number of benzene rings is 1. The molecule has 1 aromatic carbocycles. The first-order valence-electron chi connectivity index (χ1n) is 19.9. The van der Waals surface area contributed by atoms with Crippen molar-refractivity contribution in [2.45, 2.75) is 115 Å². The summed E-state index contributed by atoms with van der Waals surface area (Å²) in [6.07, 6.45) is 8.03. The Labute approximate surface area is 317 Å². The molecule has 0 bridgehead atoms. The van der Waals surface area contributed by atoms with Gasteiger partial charge in [-0.25, -0.2) is 14.0 Å². The number of furan rings is 1. The van der Waals surface area contributed by atoms with E-state index in [9.17, 15) is 23.6 Å². The first kappa shape index (κ1) is 40.0. The Morgan fingerprint density at radius 1 is 0.944 bits per heavy atom. The predicted octanol–water partition coefficient (Wildman–Crippen LogP) is 7.05. The molecular weight excluding hydrogens is 697 g/mol. The van der Waals surface area contributed by atoms with E-state index in [0.717, 1.165) is 44.9 Å². The monoisotopic (exact) mass is 755 g/mol. The number of carbonyl (C=O) groups excluding carboxylic acids is 4. The number of carbonyl (C=O) groups is 4. The summed E-state index contributed by atoms with van der Waals surface area (Å²) in [5, 5.41) is 6.46. The van der Waals surface area contributed by atoms with E-state index in [2.05, 4.69) is 10.6 Å². The molecule has 3 heterocycles. The number of alkyl halides is 1. The summed E-state index contributed by atoms with van der Waals surface area (Å²) < 4.78 is 41.8. The van der Waals surface area contributed by atoms with Gasteiger partial charge in [-0.15, -0.1) is 0 Å². The Bertz CT molecular complexity index is 1600. The Hall–Kier alpha value is -3.71. The fourth-order valence-corrected chi connectivity index (χ4v) is 9.01. The minimum Gasteiger partial charge on any atom is -0.460 e. The van der Waals surface area contributed by atoms with Crippen LogP contribution in [0.4, 0.5) is 14.9 Å². The maximum absolute atomic E-state index is 14.3. The lowest BCUT2D eigenvalue weighted by molar-refractivity contribution is -0.142. The number of nitrogens with zero attached hydrogens (tertiary/aromatic N) is 1. The first-order chi connectivity index (χ1) is 25.9. The predicted molar refractivity (Wildman–Crippen MR) is 200 cm³/mol. The van der Waals surface area contributed by atoms with Gasteiger partial charge in [0.05, 0.1) is 18.8 Å². The fraction of sp³-hybridized carbons (Fsp3) is 0.707. The van der Waals surface area contributed by atoms with Gasteiger partial charge in [0.1, 0.15) is 23.9 Å². The molecule has 2 saturated heterocycles. The molecule has 54 heavy (non-hydrogen) atoms. The van der Waals surface area contributed by atoms with Crippen molar-refractivity contribution in [3.8, 4) is 0 Å². The largest absolute Gasteiger partial charge is 0.460 e. The maximum Gasteiger partial charge on any atom is 0.407 e. The topological polar surface area (TPSA) is 146 Å². The minimum atomic E-state index is -0.712. The van der Waals surface area contributed by atoms with Gasteiger partial charge in [0.25, 0.3) is 0 Å². The van der Waals surface area contributed by atoms with Gasteiger partial charge in [-0.3, -0.25) is 9.59 Å². The maximum atomic E-state index is 14.3. The third kappa shape index (κ3) is 9.93. The van der Waals surface area contributed by atoms with E-state index in [1.165, 1.54) is 0 Å². The summed E-state index contributed by atoms with van der Waals surface area (Å²) in [7, 11) is 1.74. The van der Waals surface area contributed by atoms with Gasteiger partial charge in [-0.1, -0.05) is 0 Å². The SMILES string of the molecule is COC1CCC([C@@H]2CCN(C(=O)C3CCC([C@@H](CF)NC(=O)OC(C)(C)C)CC3)[C@H]2C(=O)Nc2ccc3oc(C(=O)OCC4CCOCC4)cc3c2)CC1. The van der Waals surface area contributed by atoms with Crippen molar-refractivity contribution in [3.63, 3.8) is 0 Å². The Balaban J connectivity index is 1.12. The molecule has 4 aliphatic rings. The molecule has 13 heteroatoms. The quantitative estimate of drug-likeness (QED) is 0.231. The molecule has 0 spiro atoms. The summed E-state index contributed by atoms with van der Waals surface area (Å²) >= 11 is 0. The number of esters is 1. The second-order valence-corrected chi connectivity index (χ2v) is 16.7. The molecule has 1 aromatic heterocycles. The van der Waals surface area contributed by atoms with Crippen molar-refractivity contribution in [2.24, 2.45) is 29.6 Å². The van der Waals surface area contributed by atoms with E-state index in [4.69, 9.17) is 23.4 Å². The average molecular weight is 756 g/mol. The number of ether oxygens (including phenoxy) is 4. The number of anilines is 1. The number of methoxy groups -OCH3 is 1. The Morgan fingerprint density at radius 2 is 1.67 bits per heavy atom. The van der Waals surface area contributed by atoms with E-state index in [1.54, 1.807) is 57.0 Å². The molecule has 0 radical (unpaired) electrons. The summed E-state index contributed by atoms with van der Waals surface area (Å²) in [5.41, 5.74) is 0.361. The van der Waals surface area contributed by atoms with Gasteiger partial charge >= 0.3 is 12.1 Å². The molecule has 12 nitrogen and oxygen atoms in total. The number of fused-ring (bicyclic) bond motifs is 1. The number of nitrogens with one attached hydrogen (secondary N) is 2. The van der Waals surface area contributed by atoms with Crippen molar-refractivity contribution in [1.82, 2.24) is 10.2 Å². The van der Waals surface area contributed by atoms with Gasteiger partial charge in [-0.05, 0) is 139 Å². The highest BCUT2D eigenvalue weighted by molar-refractivity contribution is 6.00. The van der Waals surface area contributed by atoms with E-state index in [1.807, 2.05) is 0 Å². The zero-order chi connectivity index (χ0) is 38.4. The summed E-state index contributed by atoms with van der Waals surface area (Å²) in [6, 6.07) is 5.56. The second-order valence-electron chi connectivity index (χ2n) is 16.7. The molecule has 2 aliphatic heterocycles. The van der Waals surface area contributed by atoms with Crippen LogP contribution in [0, 0.1) is 29.6 Å². The molecule has 2 N–H and O–H groups in total. The van der Waals surface area contributed by atoms with Crippen LogP contribution < -0.4 is 10.6 Å². The minimum absolute atomic E-state index is 0.00629. The Morgan fingerprint density at radius 3 is 2.33 bits per heavy atom. The molecular formula is C41H58FN3O9. The van der Waals surface area contributed by atoms with Crippen molar-refractivity contribution in [3.05, 3.63) is 30.0 Å².